The molecular weight excluding hydrogens is 248 g/mol. The van der Waals surface area contributed by atoms with Crippen molar-refractivity contribution in [1.29, 1.82) is 0 Å². The first kappa shape index (κ1) is 13.2. The van der Waals surface area contributed by atoms with Crippen LogP contribution in [-0.4, -0.2) is 60.7 Å². The van der Waals surface area contributed by atoms with Gasteiger partial charge in [0.15, 0.2) is 0 Å². The Morgan fingerprint density at radius 3 is 1.40 bits per heavy atom. The fraction of sp³-hybridized carbons (Fsp3) is 0.500. The first-order chi connectivity index (χ1) is 9.58. The molecule has 3 rings (SSSR count). The fourth-order valence-corrected chi connectivity index (χ4v) is 2.68. The third-order valence-corrected chi connectivity index (χ3v) is 4.40. The zero-order valence-electron chi connectivity index (χ0n) is 12.7. The van der Waals surface area contributed by atoms with E-state index in [0.717, 1.165) is 24.8 Å². The second-order valence-corrected chi connectivity index (χ2v) is 5.83. The molecule has 4 nitrogen and oxygen atoms in total. The van der Waals surface area contributed by atoms with Crippen molar-refractivity contribution in [3.63, 3.8) is 0 Å². The van der Waals surface area contributed by atoms with Crippen LogP contribution in [0, 0.1) is 0 Å². The highest BCUT2D eigenvalue weighted by Crippen LogP contribution is 2.18. The number of hydrogen-bond donors (Lipinski definition) is 0. The highest BCUT2D eigenvalue weighted by Gasteiger charge is 2.23. The minimum absolute atomic E-state index is 0.496. The van der Waals surface area contributed by atoms with Gasteiger partial charge in [-0.15, -0.1) is 0 Å². The van der Waals surface area contributed by atoms with E-state index in [1.165, 1.54) is 11.1 Å². The average Bonchev–Trinajstić information content (AvgIpc) is 2.96. The minimum atomic E-state index is 0.496. The smallest absolute Gasteiger partial charge is 0.131 e. The van der Waals surface area contributed by atoms with Crippen molar-refractivity contribution >= 4 is 11.7 Å². The Morgan fingerprint density at radius 1 is 0.800 bits per heavy atom. The van der Waals surface area contributed by atoms with Crippen LogP contribution in [-0.2, 0) is 0 Å². The van der Waals surface area contributed by atoms with E-state index >= 15 is 0 Å². The predicted octanol–water partition coefficient (Wildman–Crippen LogP) is 1.85. The van der Waals surface area contributed by atoms with E-state index < -0.39 is 0 Å². The van der Waals surface area contributed by atoms with Crippen molar-refractivity contribution < 1.29 is 0 Å². The van der Waals surface area contributed by atoms with Gasteiger partial charge in [0.25, 0.3) is 0 Å². The van der Waals surface area contributed by atoms with E-state index in [1.807, 2.05) is 0 Å². The molecule has 0 spiro atoms. The highest BCUT2D eigenvalue weighted by molar-refractivity contribution is 6.03. The maximum atomic E-state index is 4.62. The van der Waals surface area contributed by atoms with Gasteiger partial charge in [-0.1, -0.05) is 24.3 Å². The summed E-state index contributed by atoms with van der Waals surface area (Å²) >= 11 is 0. The number of hydrogen-bond acceptors (Lipinski definition) is 4. The van der Waals surface area contributed by atoms with Gasteiger partial charge in [-0.25, -0.2) is 0 Å². The first-order valence-electron chi connectivity index (χ1n) is 7.23. The zero-order chi connectivity index (χ0) is 14.3. The Labute approximate surface area is 120 Å². The second-order valence-electron chi connectivity index (χ2n) is 5.83. The van der Waals surface area contributed by atoms with Crippen LogP contribution in [0.25, 0.3) is 0 Å². The maximum Gasteiger partial charge on any atom is 0.131 e. The molecule has 0 fully saturated rings. The van der Waals surface area contributed by atoms with Crippen LogP contribution in [0.3, 0.4) is 0 Å². The van der Waals surface area contributed by atoms with Gasteiger partial charge in [0, 0.05) is 37.3 Å². The van der Waals surface area contributed by atoms with E-state index in [0.29, 0.717) is 12.1 Å². The molecule has 106 valence electrons. The van der Waals surface area contributed by atoms with Gasteiger partial charge in [-0.3, -0.25) is 9.98 Å². The summed E-state index contributed by atoms with van der Waals surface area (Å²) in [5, 5.41) is 0. The largest absolute Gasteiger partial charge is 0.355 e. The SMILES string of the molecule is CC1CN=C(c2ccc(C3=NCC(C)N3C)cc2)N1C. The van der Waals surface area contributed by atoms with Gasteiger partial charge in [-0.2, -0.15) is 0 Å². The van der Waals surface area contributed by atoms with Gasteiger partial charge in [0.2, 0.25) is 0 Å². The Balaban J connectivity index is 1.83. The summed E-state index contributed by atoms with van der Waals surface area (Å²) in [7, 11) is 4.22. The van der Waals surface area contributed by atoms with E-state index in [-0.39, 0.29) is 0 Å². The third kappa shape index (κ3) is 2.09. The summed E-state index contributed by atoms with van der Waals surface area (Å²) in [6.45, 7) is 6.18. The lowest BCUT2D eigenvalue weighted by molar-refractivity contribution is 0.432. The van der Waals surface area contributed by atoms with E-state index in [9.17, 15) is 0 Å². The van der Waals surface area contributed by atoms with Crippen LogP contribution in [0.15, 0.2) is 34.3 Å². The summed E-state index contributed by atoms with van der Waals surface area (Å²) in [5.41, 5.74) is 2.38. The molecule has 0 aliphatic carbocycles. The lowest BCUT2D eigenvalue weighted by atomic mass is 10.1. The Kier molecular flexibility index (Phi) is 3.24. The standard InChI is InChI=1S/C16H22N4/c1-11-9-17-15(19(11)3)13-5-7-14(8-6-13)16-18-10-12(2)20(16)4/h5-8,11-12H,9-10H2,1-4H3. The Bertz CT molecular complexity index is 507. The molecule has 2 aliphatic heterocycles. The second kappa shape index (κ2) is 4.93. The molecule has 0 radical (unpaired) electrons. The maximum absolute atomic E-state index is 4.62. The zero-order valence-corrected chi connectivity index (χ0v) is 12.7. The molecule has 2 atom stereocenters. The Morgan fingerprint density at radius 2 is 1.15 bits per heavy atom. The van der Waals surface area contributed by atoms with E-state index in [4.69, 9.17) is 0 Å². The molecule has 2 unspecified atom stereocenters. The summed E-state index contributed by atoms with van der Waals surface area (Å²) < 4.78 is 0. The van der Waals surface area contributed by atoms with E-state index in [1.54, 1.807) is 0 Å². The molecule has 2 heterocycles. The van der Waals surface area contributed by atoms with Crippen LogP contribution in [0.4, 0.5) is 0 Å². The van der Waals surface area contributed by atoms with Crippen molar-refractivity contribution in [2.75, 3.05) is 27.2 Å². The van der Waals surface area contributed by atoms with Crippen molar-refractivity contribution in [2.45, 2.75) is 25.9 Å². The molecular formula is C16H22N4. The molecule has 20 heavy (non-hydrogen) atoms. The number of benzene rings is 1. The third-order valence-electron chi connectivity index (χ3n) is 4.40. The highest BCUT2D eigenvalue weighted by atomic mass is 15.2. The number of likely N-dealkylation sites (N-methyl/N-ethyl adjacent to an activating group) is 2. The molecule has 0 saturated heterocycles. The summed E-state index contributed by atoms with van der Waals surface area (Å²) in [6.07, 6.45) is 0. The topological polar surface area (TPSA) is 31.2 Å². The quantitative estimate of drug-likeness (QED) is 0.821. The van der Waals surface area contributed by atoms with E-state index in [2.05, 4.69) is 72.0 Å². The van der Waals surface area contributed by atoms with Gasteiger partial charge in [0.1, 0.15) is 11.7 Å². The van der Waals surface area contributed by atoms with Crippen molar-refractivity contribution in [2.24, 2.45) is 9.98 Å². The van der Waals surface area contributed by atoms with Gasteiger partial charge in [-0.05, 0) is 13.8 Å². The molecule has 0 N–H and O–H groups in total. The van der Waals surface area contributed by atoms with Crippen LogP contribution < -0.4 is 0 Å². The molecule has 1 aromatic rings. The Hall–Kier alpha value is -1.84. The lowest BCUT2D eigenvalue weighted by Gasteiger charge is -2.21. The van der Waals surface area contributed by atoms with Gasteiger partial charge < -0.3 is 9.80 Å². The summed E-state index contributed by atoms with van der Waals surface area (Å²) in [6, 6.07) is 9.61. The number of amidine groups is 2. The lowest BCUT2D eigenvalue weighted by Crippen LogP contribution is -2.31. The first-order valence-corrected chi connectivity index (χ1v) is 7.23. The van der Waals surface area contributed by atoms with Crippen molar-refractivity contribution in [3.8, 4) is 0 Å². The molecule has 0 aromatic heterocycles. The molecule has 0 bridgehead atoms. The van der Waals surface area contributed by atoms with Gasteiger partial charge >= 0.3 is 0 Å². The van der Waals surface area contributed by atoms with Crippen molar-refractivity contribution in [1.82, 2.24) is 9.80 Å². The van der Waals surface area contributed by atoms with Crippen molar-refractivity contribution in [3.05, 3.63) is 35.4 Å². The van der Waals surface area contributed by atoms with Crippen LogP contribution in [0.2, 0.25) is 0 Å². The number of rotatable bonds is 2. The van der Waals surface area contributed by atoms with Crippen LogP contribution in [0.1, 0.15) is 25.0 Å². The minimum Gasteiger partial charge on any atom is -0.355 e. The molecule has 2 aliphatic rings. The van der Waals surface area contributed by atoms with Gasteiger partial charge in [0.05, 0.1) is 13.1 Å². The summed E-state index contributed by atoms with van der Waals surface area (Å²) in [4.78, 5) is 13.7. The fourth-order valence-electron chi connectivity index (χ4n) is 2.68. The number of nitrogens with zero attached hydrogens (tertiary/aromatic N) is 4. The predicted molar refractivity (Wildman–Crippen MR) is 83.7 cm³/mol. The average molecular weight is 270 g/mol. The molecule has 0 amide bonds. The van der Waals surface area contributed by atoms with Crippen LogP contribution >= 0.6 is 0 Å². The normalized spacial score (nSPS) is 26.0. The van der Waals surface area contributed by atoms with Crippen LogP contribution in [0.5, 0.6) is 0 Å². The molecule has 1 aromatic carbocycles. The molecule has 4 heteroatoms. The summed E-state index contributed by atoms with van der Waals surface area (Å²) in [5.74, 6) is 2.19. The molecule has 0 saturated carbocycles. The number of aliphatic imine (C=N–C) groups is 2. The monoisotopic (exact) mass is 270 g/mol.